The van der Waals surface area contributed by atoms with Crippen LogP contribution in [0.1, 0.15) is 11.4 Å². The predicted molar refractivity (Wildman–Crippen MR) is 142 cm³/mol. The Bertz CT molecular complexity index is 1630. The molecule has 11 nitrogen and oxygen atoms in total. The third kappa shape index (κ3) is 6.42. The maximum absolute atomic E-state index is 12.8. The van der Waals surface area contributed by atoms with Crippen LogP contribution in [0.3, 0.4) is 0 Å². The molecule has 16 heteroatoms. The molecule has 6 aromatic rings. The first-order chi connectivity index (χ1) is 18.9. The molecule has 0 bridgehead atoms. The number of alkyl halides is 3. The van der Waals surface area contributed by atoms with Crippen LogP contribution < -0.4 is 10.6 Å². The van der Waals surface area contributed by atoms with Gasteiger partial charge in [-0.1, -0.05) is 12.1 Å². The molecule has 0 aliphatic heterocycles. The van der Waals surface area contributed by atoms with Crippen molar-refractivity contribution < 1.29 is 13.2 Å². The number of nitrogens with one attached hydrogen (secondary N) is 4. The summed E-state index contributed by atoms with van der Waals surface area (Å²) in [6, 6.07) is 11.0. The SMILES string of the molecule is Cc1[nH]ncc1-c1csc(Nc2ccccn2)n1.FC(F)(F)c1[nH]ncc1-c1nsc(Nc2ccccn2)n1. The van der Waals surface area contributed by atoms with E-state index in [2.05, 4.69) is 50.2 Å². The van der Waals surface area contributed by atoms with Gasteiger partial charge in [0.1, 0.15) is 11.6 Å². The maximum atomic E-state index is 12.8. The van der Waals surface area contributed by atoms with Gasteiger partial charge in [0.2, 0.25) is 5.13 Å². The van der Waals surface area contributed by atoms with Crippen molar-refractivity contribution in [2.75, 3.05) is 10.6 Å². The summed E-state index contributed by atoms with van der Waals surface area (Å²) >= 11 is 2.49. The van der Waals surface area contributed by atoms with Crippen molar-refractivity contribution >= 4 is 44.8 Å². The summed E-state index contributed by atoms with van der Waals surface area (Å²) < 4.78 is 42.2. The topological polar surface area (TPSA) is 146 Å². The number of hydrogen-bond donors (Lipinski definition) is 4. The van der Waals surface area contributed by atoms with E-state index in [-0.39, 0.29) is 11.4 Å². The Morgan fingerprint density at radius 2 is 1.49 bits per heavy atom. The van der Waals surface area contributed by atoms with Crippen LogP contribution in [0.15, 0.2) is 66.6 Å². The molecule has 6 rings (SSSR count). The summed E-state index contributed by atoms with van der Waals surface area (Å²) in [5.41, 5.74) is 1.81. The van der Waals surface area contributed by atoms with Crippen LogP contribution in [-0.2, 0) is 6.18 Å². The second kappa shape index (κ2) is 11.4. The van der Waals surface area contributed by atoms with E-state index in [0.717, 1.165) is 45.6 Å². The standard InChI is InChI=1S/C12H11N5S.C11H7F3N6S/c1-8-9(6-14-17-8)10-7-18-12(15-10)16-11-4-2-3-5-13-11;12-11(13,14)8-6(5-16-19-8)9-18-10(21-20-9)17-7-3-1-2-4-15-7/h2-7H,1H3,(H,14,17)(H,13,15,16);1-5H,(H,16,19)(H,15,17,18,20). The zero-order valence-electron chi connectivity index (χ0n) is 19.9. The van der Waals surface area contributed by atoms with Crippen LogP contribution in [0.4, 0.5) is 35.1 Å². The number of aryl methyl sites for hydroxylation is 1. The molecule has 4 N–H and O–H groups in total. The van der Waals surface area contributed by atoms with Gasteiger partial charge in [0, 0.05) is 40.6 Å². The molecule has 0 fully saturated rings. The van der Waals surface area contributed by atoms with Gasteiger partial charge in [0.25, 0.3) is 0 Å². The molecule has 0 spiro atoms. The number of thiazole rings is 1. The van der Waals surface area contributed by atoms with Gasteiger partial charge in [-0.3, -0.25) is 10.2 Å². The molecule has 6 aromatic heterocycles. The first-order valence-corrected chi connectivity index (χ1v) is 12.8. The maximum Gasteiger partial charge on any atom is 0.433 e. The van der Waals surface area contributed by atoms with Crippen molar-refractivity contribution in [3.63, 3.8) is 0 Å². The van der Waals surface area contributed by atoms with Gasteiger partial charge in [0.05, 0.1) is 23.7 Å². The minimum atomic E-state index is -4.54. The average Bonchev–Trinajstić information content (AvgIpc) is 3.73. The van der Waals surface area contributed by atoms with Gasteiger partial charge in [-0.25, -0.2) is 15.0 Å². The number of H-pyrrole nitrogens is 2. The Hall–Kier alpha value is -4.70. The van der Waals surface area contributed by atoms with Crippen molar-refractivity contribution in [3.8, 4) is 22.6 Å². The van der Waals surface area contributed by atoms with Crippen LogP contribution in [-0.4, -0.2) is 44.7 Å². The molecule has 0 aliphatic carbocycles. The molecule has 0 radical (unpaired) electrons. The smallest absolute Gasteiger partial charge is 0.316 e. The average molecular weight is 570 g/mol. The highest BCUT2D eigenvalue weighted by molar-refractivity contribution is 7.14. The highest BCUT2D eigenvalue weighted by Crippen LogP contribution is 2.35. The lowest BCUT2D eigenvalue weighted by molar-refractivity contribution is -0.140. The largest absolute Gasteiger partial charge is 0.433 e. The molecule has 0 amide bonds. The first kappa shape index (κ1) is 25.9. The monoisotopic (exact) mass is 569 g/mol. The molecule has 0 aromatic carbocycles. The number of pyridine rings is 2. The minimum Gasteiger partial charge on any atom is -0.316 e. The number of halogens is 3. The Balaban J connectivity index is 0.000000160. The quantitative estimate of drug-likeness (QED) is 0.188. The summed E-state index contributed by atoms with van der Waals surface area (Å²) in [6.07, 6.45) is 1.63. The van der Waals surface area contributed by atoms with Crippen LogP contribution in [0.2, 0.25) is 0 Å². The number of rotatable bonds is 6. The van der Waals surface area contributed by atoms with Gasteiger partial charge in [-0.05, 0) is 31.2 Å². The van der Waals surface area contributed by atoms with E-state index in [0.29, 0.717) is 10.9 Å². The Morgan fingerprint density at radius 3 is 2.10 bits per heavy atom. The van der Waals surface area contributed by atoms with Crippen LogP contribution >= 0.6 is 22.9 Å². The van der Waals surface area contributed by atoms with Gasteiger partial charge in [0.15, 0.2) is 16.6 Å². The molecular formula is C23H18F3N11S2. The molecule has 39 heavy (non-hydrogen) atoms. The Labute approximate surface area is 226 Å². The zero-order chi connectivity index (χ0) is 27.2. The van der Waals surface area contributed by atoms with E-state index in [1.165, 1.54) is 0 Å². The van der Waals surface area contributed by atoms with Crippen molar-refractivity contribution in [3.05, 3.63) is 78.0 Å². The van der Waals surface area contributed by atoms with E-state index < -0.39 is 11.9 Å². The first-order valence-electron chi connectivity index (χ1n) is 11.1. The van der Waals surface area contributed by atoms with E-state index in [1.54, 1.807) is 48.1 Å². The fourth-order valence-corrected chi connectivity index (χ4v) is 4.52. The van der Waals surface area contributed by atoms with Gasteiger partial charge < -0.3 is 10.6 Å². The molecule has 198 valence electrons. The molecule has 0 saturated heterocycles. The van der Waals surface area contributed by atoms with Gasteiger partial charge in [-0.15, -0.1) is 11.3 Å². The van der Waals surface area contributed by atoms with Gasteiger partial charge >= 0.3 is 6.18 Å². The second-order valence-electron chi connectivity index (χ2n) is 7.71. The normalized spacial score (nSPS) is 11.1. The van der Waals surface area contributed by atoms with E-state index in [9.17, 15) is 13.2 Å². The third-order valence-electron chi connectivity index (χ3n) is 5.00. The highest BCUT2D eigenvalue weighted by Gasteiger charge is 2.37. The van der Waals surface area contributed by atoms with Crippen LogP contribution in [0.25, 0.3) is 22.6 Å². The number of nitrogens with zero attached hydrogens (tertiary/aromatic N) is 7. The molecular weight excluding hydrogens is 551 g/mol. The van der Waals surface area contributed by atoms with Crippen LogP contribution in [0, 0.1) is 6.92 Å². The number of anilines is 4. The third-order valence-corrected chi connectivity index (χ3v) is 6.39. The van der Waals surface area contributed by atoms with Crippen molar-refractivity contribution in [1.29, 1.82) is 0 Å². The van der Waals surface area contributed by atoms with Crippen molar-refractivity contribution in [1.82, 2.24) is 44.7 Å². The second-order valence-corrected chi connectivity index (χ2v) is 9.32. The summed E-state index contributed by atoms with van der Waals surface area (Å²) in [5, 5.41) is 21.4. The minimum absolute atomic E-state index is 0.0421. The molecule has 0 saturated carbocycles. The van der Waals surface area contributed by atoms with Crippen LogP contribution in [0.5, 0.6) is 0 Å². The number of aromatic nitrogens is 9. The summed E-state index contributed by atoms with van der Waals surface area (Å²) in [5.74, 6) is 1.28. The lowest BCUT2D eigenvalue weighted by Crippen LogP contribution is -2.07. The predicted octanol–water partition coefficient (Wildman–Crippen LogP) is 6.07. The lowest BCUT2D eigenvalue weighted by atomic mass is 10.2. The summed E-state index contributed by atoms with van der Waals surface area (Å²) in [6.45, 7) is 1.98. The summed E-state index contributed by atoms with van der Waals surface area (Å²) in [7, 11) is 0. The lowest BCUT2D eigenvalue weighted by Gasteiger charge is -2.04. The fraction of sp³-hybridized carbons (Fsp3) is 0.0870. The highest BCUT2D eigenvalue weighted by atomic mass is 32.1. The fourth-order valence-electron chi connectivity index (χ4n) is 3.21. The zero-order valence-corrected chi connectivity index (χ0v) is 21.6. The Kier molecular flexibility index (Phi) is 7.55. The van der Waals surface area contributed by atoms with E-state index >= 15 is 0 Å². The molecule has 6 heterocycles. The molecule has 0 aliphatic rings. The summed E-state index contributed by atoms with van der Waals surface area (Å²) in [4.78, 5) is 16.8. The van der Waals surface area contributed by atoms with Crippen molar-refractivity contribution in [2.45, 2.75) is 13.1 Å². The Morgan fingerprint density at radius 1 is 0.821 bits per heavy atom. The number of aromatic amines is 2. The van der Waals surface area contributed by atoms with E-state index in [4.69, 9.17) is 0 Å². The van der Waals surface area contributed by atoms with Crippen molar-refractivity contribution in [2.24, 2.45) is 0 Å². The molecule has 0 unspecified atom stereocenters. The van der Waals surface area contributed by atoms with E-state index in [1.807, 2.05) is 35.6 Å². The number of hydrogen-bond acceptors (Lipinski definition) is 11. The molecule has 0 atom stereocenters. The van der Waals surface area contributed by atoms with Gasteiger partial charge in [-0.2, -0.15) is 32.7 Å².